The van der Waals surface area contributed by atoms with Crippen molar-refractivity contribution in [2.75, 3.05) is 11.9 Å². The first-order valence-electron chi connectivity index (χ1n) is 6.49. The van der Waals surface area contributed by atoms with Gasteiger partial charge in [-0.2, -0.15) is 0 Å². The molecule has 2 rings (SSSR count). The second-order valence-electron chi connectivity index (χ2n) is 4.82. The normalized spacial score (nSPS) is 12.2. The van der Waals surface area contributed by atoms with Gasteiger partial charge in [0.2, 0.25) is 0 Å². The van der Waals surface area contributed by atoms with Crippen molar-refractivity contribution in [2.24, 2.45) is 5.73 Å². The lowest BCUT2D eigenvalue weighted by Gasteiger charge is -2.28. The minimum atomic E-state index is 0.202. The van der Waals surface area contributed by atoms with Crippen molar-refractivity contribution in [3.05, 3.63) is 63.6 Å². The Balaban J connectivity index is 2.26. The van der Waals surface area contributed by atoms with Crippen LogP contribution in [0, 0.1) is 0 Å². The summed E-state index contributed by atoms with van der Waals surface area (Å²) >= 11 is 12.3. The van der Waals surface area contributed by atoms with E-state index in [0.29, 0.717) is 11.6 Å². The number of anilines is 1. The zero-order valence-corrected chi connectivity index (χ0v) is 13.1. The van der Waals surface area contributed by atoms with Gasteiger partial charge in [-0.3, -0.25) is 0 Å². The molecule has 20 heavy (non-hydrogen) atoms. The second-order valence-corrected chi connectivity index (χ2v) is 5.67. The number of nitrogens with two attached hydrogens (primary N) is 1. The summed E-state index contributed by atoms with van der Waals surface area (Å²) in [5.41, 5.74) is 8.81. The molecule has 1 atom stereocenters. The van der Waals surface area contributed by atoms with Crippen molar-refractivity contribution in [1.82, 2.24) is 0 Å². The highest BCUT2D eigenvalue weighted by Crippen LogP contribution is 2.29. The van der Waals surface area contributed by atoms with E-state index in [1.165, 1.54) is 5.56 Å². The van der Waals surface area contributed by atoms with Gasteiger partial charge in [0.05, 0.1) is 6.04 Å². The Kier molecular flexibility index (Phi) is 4.92. The summed E-state index contributed by atoms with van der Waals surface area (Å²) in [6, 6.07) is 14.1. The molecule has 0 aromatic heterocycles. The third kappa shape index (κ3) is 3.26. The predicted molar refractivity (Wildman–Crippen MR) is 87.6 cm³/mol. The summed E-state index contributed by atoms with van der Waals surface area (Å²) in [5.74, 6) is 0. The Morgan fingerprint density at radius 1 is 1.15 bits per heavy atom. The first kappa shape index (κ1) is 15.2. The maximum absolute atomic E-state index is 6.22. The lowest BCUT2D eigenvalue weighted by Crippen LogP contribution is -2.21. The molecular formula is C16H18Cl2N2. The molecule has 106 valence electrons. The number of hydrogen-bond acceptors (Lipinski definition) is 2. The average molecular weight is 309 g/mol. The third-order valence-corrected chi connectivity index (χ3v) is 4.16. The lowest BCUT2D eigenvalue weighted by atomic mass is 10.1. The van der Waals surface area contributed by atoms with E-state index >= 15 is 0 Å². The van der Waals surface area contributed by atoms with Crippen molar-refractivity contribution in [1.29, 1.82) is 0 Å². The molecule has 2 nitrogen and oxygen atoms in total. The first-order valence-corrected chi connectivity index (χ1v) is 7.25. The molecule has 0 aliphatic rings. The molecule has 0 spiro atoms. The number of rotatable bonds is 4. The van der Waals surface area contributed by atoms with Gasteiger partial charge < -0.3 is 10.6 Å². The van der Waals surface area contributed by atoms with E-state index in [1.807, 2.05) is 43.4 Å². The van der Waals surface area contributed by atoms with Gasteiger partial charge in [0.1, 0.15) is 0 Å². The van der Waals surface area contributed by atoms with Gasteiger partial charge in [-0.15, -0.1) is 0 Å². The van der Waals surface area contributed by atoms with Crippen LogP contribution in [0.3, 0.4) is 0 Å². The van der Waals surface area contributed by atoms with Crippen LogP contribution in [0.1, 0.15) is 24.1 Å². The van der Waals surface area contributed by atoms with Crippen molar-refractivity contribution in [3.8, 4) is 0 Å². The Bertz CT molecular complexity index is 599. The number of halogens is 2. The van der Waals surface area contributed by atoms with Crippen LogP contribution in [0.4, 0.5) is 5.69 Å². The summed E-state index contributed by atoms with van der Waals surface area (Å²) in [6.07, 6.45) is 0. The fourth-order valence-electron chi connectivity index (χ4n) is 2.13. The Morgan fingerprint density at radius 2 is 1.90 bits per heavy atom. The van der Waals surface area contributed by atoms with Crippen LogP contribution in [0.25, 0.3) is 0 Å². The molecule has 0 heterocycles. The second kappa shape index (κ2) is 6.49. The van der Waals surface area contributed by atoms with Crippen LogP contribution in [-0.2, 0) is 6.54 Å². The van der Waals surface area contributed by atoms with E-state index in [2.05, 4.69) is 17.9 Å². The van der Waals surface area contributed by atoms with Gasteiger partial charge in [-0.1, -0.05) is 41.4 Å². The number of nitrogens with zero attached hydrogens (tertiary/aromatic N) is 1. The molecule has 0 radical (unpaired) electrons. The van der Waals surface area contributed by atoms with E-state index in [9.17, 15) is 0 Å². The van der Waals surface area contributed by atoms with Crippen LogP contribution in [0.15, 0.2) is 42.5 Å². The fourth-order valence-corrected chi connectivity index (χ4v) is 2.59. The minimum Gasteiger partial charge on any atom is -0.368 e. The topological polar surface area (TPSA) is 29.3 Å². The number of benzene rings is 2. The van der Waals surface area contributed by atoms with E-state index in [-0.39, 0.29) is 6.04 Å². The molecule has 2 N–H and O–H groups in total. The molecule has 2 aromatic carbocycles. The van der Waals surface area contributed by atoms with Crippen LogP contribution in [0.2, 0.25) is 10.0 Å². The van der Waals surface area contributed by atoms with Gasteiger partial charge in [-0.05, 0) is 42.3 Å². The highest BCUT2D eigenvalue weighted by atomic mass is 35.5. The van der Waals surface area contributed by atoms with Crippen LogP contribution in [-0.4, -0.2) is 7.05 Å². The van der Waals surface area contributed by atoms with Gasteiger partial charge >= 0.3 is 0 Å². The van der Waals surface area contributed by atoms with Gasteiger partial charge in [0.25, 0.3) is 0 Å². The van der Waals surface area contributed by atoms with E-state index in [1.54, 1.807) is 0 Å². The standard InChI is InChI=1S/C16H18Cl2N2/c1-11(12-4-3-5-14(17)8-12)20(2)15-7-6-13(10-19)16(18)9-15/h3-9,11H,10,19H2,1-2H3. The van der Waals surface area contributed by atoms with E-state index < -0.39 is 0 Å². The van der Waals surface area contributed by atoms with Crippen LogP contribution >= 0.6 is 23.2 Å². The zero-order chi connectivity index (χ0) is 14.7. The summed E-state index contributed by atoms with van der Waals surface area (Å²) < 4.78 is 0. The Morgan fingerprint density at radius 3 is 2.50 bits per heavy atom. The molecule has 2 aromatic rings. The van der Waals surface area contributed by atoms with E-state index in [4.69, 9.17) is 28.9 Å². The Labute approximate surface area is 130 Å². The SMILES string of the molecule is CC(c1cccc(Cl)c1)N(C)c1ccc(CN)c(Cl)c1. The molecule has 0 bridgehead atoms. The van der Waals surface area contributed by atoms with Gasteiger partial charge in [-0.25, -0.2) is 0 Å². The zero-order valence-electron chi connectivity index (χ0n) is 11.6. The third-order valence-electron chi connectivity index (χ3n) is 3.58. The van der Waals surface area contributed by atoms with Crippen molar-refractivity contribution in [2.45, 2.75) is 19.5 Å². The fraction of sp³-hybridized carbons (Fsp3) is 0.250. The van der Waals surface area contributed by atoms with Crippen molar-refractivity contribution < 1.29 is 0 Å². The monoisotopic (exact) mass is 308 g/mol. The maximum atomic E-state index is 6.22. The first-order chi connectivity index (χ1) is 9.52. The van der Waals surface area contributed by atoms with E-state index in [0.717, 1.165) is 16.3 Å². The lowest BCUT2D eigenvalue weighted by molar-refractivity contribution is 0.739. The average Bonchev–Trinajstić information content (AvgIpc) is 2.45. The smallest absolute Gasteiger partial charge is 0.0511 e. The maximum Gasteiger partial charge on any atom is 0.0511 e. The predicted octanol–water partition coefficient (Wildman–Crippen LogP) is 4.65. The quantitative estimate of drug-likeness (QED) is 0.891. The summed E-state index contributed by atoms with van der Waals surface area (Å²) in [4.78, 5) is 2.16. The van der Waals surface area contributed by atoms with Gasteiger partial charge in [0.15, 0.2) is 0 Å². The van der Waals surface area contributed by atoms with Crippen molar-refractivity contribution in [3.63, 3.8) is 0 Å². The van der Waals surface area contributed by atoms with Crippen LogP contribution < -0.4 is 10.6 Å². The summed E-state index contributed by atoms with van der Waals surface area (Å²) in [6.45, 7) is 2.59. The van der Waals surface area contributed by atoms with Crippen LogP contribution in [0.5, 0.6) is 0 Å². The molecule has 4 heteroatoms. The number of hydrogen-bond donors (Lipinski definition) is 1. The highest BCUT2D eigenvalue weighted by Gasteiger charge is 2.13. The largest absolute Gasteiger partial charge is 0.368 e. The molecule has 0 saturated carbocycles. The van der Waals surface area contributed by atoms with Crippen molar-refractivity contribution >= 4 is 28.9 Å². The molecule has 0 fully saturated rings. The minimum absolute atomic E-state index is 0.202. The summed E-state index contributed by atoms with van der Waals surface area (Å²) in [7, 11) is 2.04. The molecule has 0 amide bonds. The van der Waals surface area contributed by atoms with Gasteiger partial charge in [0, 0.05) is 29.3 Å². The highest BCUT2D eigenvalue weighted by molar-refractivity contribution is 6.31. The molecule has 0 saturated heterocycles. The Hall–Kier alpha value is -1.22. The molecular weight excluding hydrogens is 291 g/mol. The molecule has 0 aliphatic heterocycles. The molecule has 1 unspecified atom stereocenters. The molecule has 0 aliphatic carbocycles. The summed E-state index contributed by atoms with van der Waals surface area (Å²) in [5, 5.41) is 1.45.